The lowest BCUT2D eigenvalue weighted by Crippen LogP contribution is -2.10. The van der Waals surface area contributed by atoms with E-state index >= 15 is 0 Å². The summed E-state index contributed by atoms with van der Waals surface area (Å²) in [4.78, 5) is 24.4. The van der Waals surface area contributed by atoms with E-state index in [2.05, 4.69) is 4.98 Å². The Morgan fingerprint density at radius 3 is 2.40 bits per heavy atom. The first-order valence-electron chi connectivity index (χ1n) is 4.06. The molecule has 0 saturated carbocycles. The molecule has 0 aliphatic carbocycles. The third kappa shape index (κ3) is 3.34. The number of pyridine rings is 1. The van der Waals surface area contributed by atoms with Crippen LogP contribution in [0.4, 0.5) is 4.39 Å². The zero-order chi connectivity index (χ0) is 11.4. The smallest absolute Gasteiger partial charge is 0.309 e. The lowest BCUT2D eigenvalue weighted by Gasteiger charge is -2.04. The van der Waals surface area contributed by atoms with Crippen molar-refractivity contribution in [2.45, 2.75) is 12.8 Å². The van der Waals surface area contributed by atoms with E-state index in [4.69, 9.17) is 10.2 Å². The maximum absolute atomic E-state index is 12.7. The number of carboxylic acids is 2. The SMILES string of the molecule is O=C(O)Cc1cc(F)cnc1CC(=O)O. The Labute approximate surface area is 84.2 Å². The van der Waals surface area contributed by atoms with Gasteiger partial charge in [0.25, 0.3) is 0 Å². The summed E-state index contributed by atoms with van der Waals surface area (Å²) in [6, 6.07) is 0.986. The van der Waals surface area contributed by atoms with Gasteiger partial charge in [-0.2, -0.15) is 0 Å². The average molecular weight is 213 g/mol. The summed E-state index contributed by atoms with van der Waals surface area (Å²) >= 11 is 0. The van der Waals surface area contributed by atoms with Gasteiger partial charge in [0, 0.05) is 0 Å². The topological polar surface area (TPSA) is 87.5 Å². The molecule has 15 heavy (non-hydrogen) atoms. The van der Waals surface area contributed by atoms with Crippen molar-refractivity contribution in [3.05, 3.63) is 29.3 Å². The molecule has 1 rings (SSSR count). The highest BCUT2D eigenvalue weighted by Gasteiger charge is 2.12. The van der Waals surface area contributed by atoms with Crippen molar-refractivity contribution in [2.75, 3.05) is 0 Å². The molecule has 0 fully saturated rings. The van der Waals surface area contributed by atoms with Gasteiger partial charge in [-0.05, 0) is 11.6 Å². The van der Waals surface area contributed by atoms with Gasteiger partial charge in [-0.15, -0.1) is 0 Å². The summed E-state index contributed by atoms with van der Waals surface area (Å²) < 4.78 is 12.7. The Hall–Kier alpha value is -1.98. The number of aromatic nitrogens is 1. The molecule has 0 aromatic carbocycles. The van der Waals surface area contributed by atoms with Gasteiger partial charge in [0.2, 0.25) is 0 Å². The van der Waals surface area contributed by atoms with Crippen LogP contribution in [0.15, 0.2) is 12.3 Å². The van der Waals surface area contributed by atoms with Gasteiger partial charge in [0.05, 0.1) is 24.7 Å². The molecule has 6 heteroatoms. The Bertz CT molecular complexity index is 405. The lowest BCUT2D eigenvalue weighted by atomic mass is 10.1. The molecule has 0 spiro atoms. The molecule has 0 radical (unpaired) electrons. The normalized spacial score (nSPS) is 9.93. The van der Waals surface area contributed by atoms with Crippen LogP contribution >= 0.6 is 0 Å². The highest BCUT2D eigenvalue weighted by molar-refractivity contribution is 5.73. The molecule has 0 bridgehead atoms. The van der Waals surface area contributed by atoms with Gasteiger partial charge in [0.15, 0.2) is 0 Å². The fourth-order valence-electron chi connectivity index (χ4n) is 1.13. The standard InChI is InChI=1S/C9H8FNO4/c10-6-1-5(2-8(12)13)7(11-4-6)3-9(14)15/h1,4H,2-3H2,(H,12,13)(H,14,15). The molecular formula is C9H8FNO4. The van der Waals surface area contributed by atoms with E-state index in [9.17, 15) is 14.0 Å². The summed E-state index contributed by atoms with van der Waals surface area (Å²) in [5.74, 6) is -2.98. The fraction of sp³-hybridized carbons (Fsp3) is 0.222. The molecule has 5 nitrogen and oxygen atoms in total. The first kappa shape index (κ1) is 11.1. The van der Waals surface area contributed by atoms with E-state index in [1.54, 1.807) is 0 Å². The summed E-state index contributed by atoms with van der Waals surface area (Å²) in [6.45, 7) is 0. The van der Waals surface area contributed by atoms with Gasteiger partial charge < -0.3 is 10.2 Å². The van der Waals surface area contributed by atoms with E-state index < -0.39 is 30.6 Å². The van der Waals surface area contributed by atoms with E-state index in [1.807, 2.05) is 0 Å². The number of hydrogen-bond donors (Lipinski definition) is 2. The Balaban J connectivity index is 3.02. The van der Waals surface area contributed by atoms with Crippen molar-refractivity contribution in [1.82, 2.24) is 4.98 Å². The molecule has 0 aliphatic rings. The van der Waals surface area contributed by atoms with Crippen LogP contribution in [-0.4, -0.2) is 27.1 Å². The zero-order valence-corrected chi connectivity index (χ0v) is 7.61. The molecule has 0 saturated heterocycles. The monoisotopic (exact) mass is 213 g/mol. The summed E-state index contributed by atoms with van der Waals surface area (Å²) in [5.41, 5.74) is 0.163. The minimum atomic E-state index is -1.16. The van der Waals surface area contributed by atoms with E-state index in [0.29, 0.717) is 0 Å². The lowest BCUT2D eigenvalue weighted by molar-refractivity contribution is -0.137. The van der Waals surface area contributed by atoms with Crippen molar-refractivity contribution in [2.24, 2.45) is 0 Å². The van der Waals surface area contributed by atoms with Gasteiger partial charge in [-0.25, -0.2) is 4.39 Å². The van der Waals surface area contributed by atoms with Crippen molar-refractivity contribution in [1.29, 1.82) is 0 Å². The third-order valence-electron chi connectivity index (χ3n) is 1.69. The molecule has 0 aliphatic heterocycles. The maximum atomic E-state index is 12.7. The molecular weight excluding hydrogens is 205 g/mol. The van der Waals surface area contributed by atoms with Gasteiger partial charge in [-0.1, -0.05) is 0 Å². The van der Waals surface area contributed by atoms with Crippen LogP contribution in [0.25, 0.3) is 0 Å². The van der Waals surface area contributed by atoms with Crippen molar-refractivity contribution >= 4 is 11.9 Å². The molecule has 0 amide bonds. The molecule has 1 heterocycles. The molecule has 1 aromatic heterocycles. The second-order valence-electron chi connectivity index (χ2n) is 2.90. The Morgan fingerprint density at radius 2 is 1.87 bits per heavy atom. The van der Waals surface area contributed by atoms with Crippen molar-refractivity contribution in [3.8, 4) is 0 Å². The number of halogens is 1. The largest absolute Gasteiger partial charge is 0.481 e. The molecule has 1 aromatic rings. The summed E-state index contributed by atoms with van der Waals surface area (Å²) in [7, 11) is 0. The van der Waals surface area contributed by atoms with Crippen molar-refractivity contribution < 1.29 is 24.2 Å². The fourth-order valence-corrected chi connectivity index (χ4v) is 1.13. The second kappa shape index (κ2) is 4.50. The first-order chi connectivity index (χ1) is 6.99. The minimum absolute atomic E-state index is 0.0753. The predicted octanol–water partition coefficient (Wildman–Crippen LogP) is 0.475. The number of carbonyl (C=O) groups is 2. The number of carboxylic acid groups (broad SMARTS) is 2. The van der Waals surface area contributed by atoms with Crippen molar-refractivity contribution in [3.63, 3.8) is 0 Å². The maximum Gasteiger partial charge on any atom is 0.309 e. The first-order valence-corrected chi connectivity index (χ1v) is 4.06. The minimum Gasteiger partial charge on any atom is -0.481 e. The zero-order valence-electron chi connectivity index (χ0n) is 7.61. The summed E-state index contributed by atoms with van der Waals surface area (Å²) in [6.07, 6.45) is 0.0138. The van der Waals surface area contributed by atoms with Gasteiger partial charge in [0.1, 0.15) is 5.82 Å². The van der Waals surface area contributed by atoms with Crippen LogP contribution in [0, 0.1) is 5.82 Å². The predicted molar refractivity (Wildman–Crippen MR) is 46.9 cm³/mol. The van der Waals surface area contributed by atoms with Crippen LogP contribution in [0.5, 0.6) is 0 Å². The number of nitrogens with zero attached hydrogens (tertiary/aromatic N) is 1. The number of hydrogen-bond acceptors (Lipinski definition) is 3. The summed E-state index contributed by atoms with van der Waals surface area (Å²) in [5, 5.41) is 17.0. The Morgan fingerprint density at radius 1 is 1.27 bits per heavy atom. The van der Waals surface area contributed by atoms with Gasteiger partial charge >= 0.3 is 11.9 Å². The second-order valence-corrected chi connectivity index (χ2v) is 2.90. The van der Waals surface area contributed by atoms with E-state index in [1.165, 1.54) is 0 Å². The number of aliphatic carboxylic acids is 2. The van der Waals surface area contributed by atoms with Crippen LogP contribution in [-0.2, 0) is 22.4 Å². The number of rotatable bonds is 4. The molecule has 80 valence electrons. The highest BCUT2D eigenvalue weighted by atomic mass is 19.1. The quantitative estimate of drug-likeness (QED) is 0.759. The highest BCUT2D eigenvalue weighted by Crippen LogP contribution is 2.10. The molecule has 0 atom stereocenters. The van der Waals surface area contributed by atoms with E-state index in [-0.39, 0.29) is 11.3 Å². The molecule has 2 N–H and O–H groups in total. The molecule has 0 unspecified atom stereocenters. The van der Waals surface area contributed by atoms with Crippen LogP contribution in [0.3, 0.4) is 0 Å². The van der Waals surface area contributed by atoms with Crippen LogP contribution in [0.2, 0.25) is 0 Å². The van der Waals surface area contributed by atoms with Gasteiger partial charge in [-0.3, -0.25) is 14.6 Å². The third-order valence-corrected chi connectivity index (χ3v) is 1.69. The van der Waals surface area contributed by atoms with E-state index in [0.717, 1.165) is 12.3 Å². The average Bonchev–Trinajstić information content (AvgIpc) is 2.08. The van der Waals surface area contributed by atoms with Crippen LogP contribution < -0.4 is 0 Å². The Kier molecular flexibility index (Phi) is 3.33. The van der Waals surface area contributed by atoms with Crippen LogP contribution in [0.1, 0.15) is 11.3 Å².